The zero-order chi connectivity index (χ0) is 23.8. The van der Waals surface area contributed by atoms with Gasteiger partial charge >= 0.3 is 12.3 Å². The Morgan fingerprint density at radius 3 is 2.67 bits per heavy atom. The number of pyridine rings is 2. The van der Waals surface area contributed by atoms with Gasteiger partial charge in [0.15, 0.2) is 6.61 Å². The van der Waals surface area contributed by atoms with Crippen molar-refractivity contribution in [2.24, 2.45) is 5.92 Å². The van der Waals surface area contributed by atoms with Gasteiger partial charge in [0.25, 0.3) is 5.91 Å². The summed E-state index contributed by atoms with van der Waals surface area (Å²) < 4.78 is 55.2. The Balaban J connectivity index is 1.43. The third-order valence-electron chi connectivity index (χ3n) is 5.75. The molecule has 1 atom stereocenters. The van der Waals surface area contributed by atoms with E-state index in [1.165, 1.54) is 24.5 Å². The highest BCUT2D eigenvalue weighted by Crippen LogP contribution is 2.35. The van der Waals surface area contributed by atoms with Crippen LogP contribution in [0.2, 0.25) is 0 Å². The van der Waals surface area contributed by atoms with E-state index in [1.54, 1.807) is 17.9 Å². The Morgan fingerprint density at radius 1 is 1.27 bits per heavy atom. The molecular weight excluding hydrogens is 444 g/mol. The van der Waals surface area contributed by atoms with E-state index < -0.39 is 25.0 Å². The summed E-state index contributed by atoms with van der Waals surface area (Å²) in [7, 11) is 0. The molecule has 11 heteroatoms. The molecule has 2 aliphatic rings. The van der Waals surface area contributed by atoms with Gasteiger partial charge in [-0.1, -0.05) is 6.07 Å². The van der Waals surface area contributed by atoms with Crippen LogP contribution in [-0.4, -0.2) is 45.6 Å². The summed E-state index contributed by atoms with van der Waals surface area (Å²) in [5.41, 5.74) is 1.66. The van der Waals surface area contributed by atoms with Crippen molar-refractivity contribution in [1.29, 1.82) is 0 Å². The summed E-state index contributed by atoms with van der Waals surface area (Å²) in [5, 5.41) is 2.80. The van der Waals surface area contributed by atoms with Crippen molar-refractivity contribution in [1.82, 2.24) is 14.9 Å². The van der Waals surface area contributed by atoms with E-state index in [1.807, 2.05) is 0 Å². The highest BCUT2D eigenvalue weighted by Gasteiger charge is 2.42. The van der Waals surface area contributed by atoms with Gasteiger partial charge in [-0.25, -0.2) is 18.7 Å². The van der Waals surface area contributed by atoms with E-state index in [-0.39, 0.29) is 24.2 Å². The summed E-state index contributed by atoms with van der Waals surface area (Å²) in [4.78, 5) is 34.9. The second kappa shape index (κ2) is 8.95. The molecule has 0 spiro atoms. The SMILES string of the molecule is CC(c1ccc(OCC(F)(F)C(F)F)nc1)N1Cc2c(ccnc2NC(=O)CC2CC2)C1=O. The zero-order valence-electron chi connectivity index (χ0n) is 17.7. The van der Waals surface area contributed by atoms with Crippen LogP contribution >= 0.6 is 0 Å². The smallest absolute Gasteiger partial charge is 0.340 e. The second-order valence-corrected chi connectivity index (χ2v) is 8.27. The van der Waals surface area contributed by atoms with Crippen LogP contribution in [0.4, 0.5) is 23.4 Å². The number of rotatable bonds is 9. The molecule has 0 bridgehead atoms. The van der Waals surface area contributed by atoms with E-state index in [9.17, 15) is 27.2 Å². The Morgan fingerprint density at radius 2 is 2.03 bits per heavy atom. The first-order chi connectivity index (χ1) is 15.7. The van der Waals surface area contributed by atoms with Crippen molar-refractivity contribution in [2.75, 3.05) is 11.9 Å². The minimum absolute atomic E-state index is 0.130. The summed E-state index contributed by atoms with van der Waals surface area (Å²) in [5.74, 6) is -4.10. The van der Waals surface area contributed by atoms with Crippen LogP contribution in [-0.2, 0) is 11.3 Å². The standard InChI is InChI=1S/C22H22F4N4O3/c1-12(14-4-5-18(28-9-14)33-11-22(25,26)21(23)24)30-10-16-15(20(30)32)6-7-27-19(16)29-17(31)8-13-2-3-13/h4-7,9,12-13,21H,2-3,8,10-11H2,1H3,(H,27,29,31). The number of carbonyl (C=O) groups is 2. The van der Waals surface area contributed by atoms with Gasteiger partial charge in [0.05, 0.1) is 12.6 Å². The molecule has 33 heavy (non-hydrogen) atoms. The van der Waals surface area contributed by atoms with Crippen LogP contribution in [0.25, 0.3) is 0 Å². The molecule has 1 aliphatic carbocycles. The Kier molecular flexibility index (Phi) is 6.22. The van der Waals surface area contributed by atoms with E-state index in [0.717, 1.165) is 12.8 Å². The number of amides is 2. The van der Waals surface area contributed by atoms with Crippen molar-refractivity contribution in [3.05, 3.63) is 47.3 Å². The molecule has 1 saturated carbocycles. The minimum Gasteiger partial charge on any atom is -0.471 e. The number of alkyl halides is 4. The number of fused-ring (bicyclic) bond motifs is 1. The average molecular weight is 466 g/mol. The fourth-order valence-corrected chi connectivity index (χ4v) is 3.57. The number of hydrogen-bond acceptors (Lipinski definition) is 5. The van der Waals surface area contributed by atoms with Crippen LogP contribution in [0, 0.1) is 5.92 Å². The topological polar surface area (TPSA) is 84.4 Å². The van der Waals surface area contributed by atoms with Crippen LogP contribution in [0.15, 0.2) is 30.6 Å². The van der Waals surface area contributed by atoms with E-state index >= 15 is 0 Å². The van der Waals surface area contributed by atoms with Gasteiger partial charge in [0, 0.05) is 36.0 Å². The van der Waals surface area contributed by atoms with Crippen molar-refractivity contribution in [2.45, 2.75) is 51.1 Å². The fourth-order valence-electron chi connectivity index (χ4n) is 3.57. The first-order valence-electron chi connectivity index (χ1n) is 10.5. The number of ether oxygens (including phenoxy) is 1. The van der Waals surface area contributed by atoms with Crippen LogP contribution in [0.3, 0.4) is 0 Å². The van der Waals surface area contributed by atoms with Crippen molar-refractivity contribution >= 4 is 17.6 Å². The Hall–Kier alpha value is -3.24. The summed E-state index contributed by atoms with van der Waals surface area (Å²) in [6.45, 7) is 0.501. The number of hydrogen-bond donors (Lipinski definition) is 1. The molecule has 7 nitrogen and oxygen atoms in total. The number of nitrogens with zero attached hydrogens (tertiary/aromatic N) is 3. The highest BCUT2D eigenvalue weighted by molar-refractivity contribution is 6.01. The molecular formula is C22H22F4N4O3. The zero-order valence-corrected chi connectivity index (χ0v) is 17.7. The van der Waals surface area contributed by atoms with Crippen molar-refractivity contribution < 1.29 is 31.9 Å². The second-order valence-electron chi connectivity index (χ2n) is 8.27. The lowest BCUT2D eigenvalue weighted by Crippen LogP contribution is -2.33. The molecule has 2 amide bonds. The third-order valence-corrected chi connectivity index (χ3v) is 5.75. The van der Waals surface area contributed by atoms with Crippen LogP contribution in [0.1, 0.15) is 53.7 Å². The number of halogens is 4. The molecule has 3 heterocycles. The Labute approximate surface area is 187 Å². The molecule has 0 saturated heterocycles. The van der Waals surface area contributed by atoms with Crippen LogP contribution < -0.4 is 10.1 Å². The molecule has 1 unspecified atom stereocenters. The molecule has 1 N–H and O–H groups in total. The van der Waals surface area contributed by atoms with Gasteiger partial charge < -0.3 is 15.0 Å². The highest BCUT2D eigenvalue weighted by atomic mass is 19.3. The quantitative estimate of drug-likeness (QED) is 0.560. The number of carbonyl (C=O) groups excluding carboxylic acids is 2. The largest absolute Gasteiger partial charge is 0.471 e. The lowest BCUT2D eigenvalue weighted by atomic mass is 10.1. The molecule has 1 aliphatic heterocycles. The third kappa shape index (κ3) is 5.07. The maximum absolute atomic E-state index is 13.0. The molecule has 2 aromatic rings. The molecule has 0 aromatic carbocycles. The first kappa shape index (κ1) is 22.9. The first-order valence-corrected chi connectivity index (χ1v) is 10.5. The predicted molar refractivity (Wildman–Crippen MR) is 109 cm³/mol. The molecule has 4 rings (SSSR count). The van der Waals surface area contributed by atoms with E-state index in [0.29, 0.717) is 34.8 Å². The van der Waals surface area contributed by atoms with E-state index in [2.05, 4.69) is 20.0 Å². The fraction of sp³-hybridized carbons (Fsp3) is 0.455. The van der Waals surface area contributed by atoms with Crippen molar-refractivity contribution in [3.8, 4) is 5.88 Å². The van der Waals surface area contributed by atoms with Gasteiger partial charge in [0.1, 0.15) is 5.82 Å². The lowest BCUT2D eigenvalue weighted by molar-refractivity contribution is -0.148. The Bertz CT molecular complexity index is 1040. The average Bonchev–Trinajstić information content (AvgIpc) is 3.53. The lowest BCUT2D eigenvalue weighted by Gasteiger charge is -2.24. The van der Waals surface area contributed by atoms with Crippen molar-refractivity contribution in [3.63, 3.8) is 0 Å². The summed E-state index contributed by atoms with van der Waals surface area (Å²) >= 11 is 0. The van der Waals surface area contributed by atoms with E-state index in [4.69, 9.17) is 0 Å². The predicted octanol–water partition coefficient (Wildman–Crippen LogP) is 4.21. The number of aromatic nitrogens is 2. The summed E-state index contributed by atoms with van der Waals surface area (Å²) in [6.07, 6.45) is 1.50. The molecule has 176 valence electrons. The minimum atomic E-state index is -4.28. The number of nitrogens with one attached hydrogen (secondary N) is 1. The van der Waals surface area contributed by atoms with Gasteiger partial charge in [-0.3, -0.25) is 9.59 Å². The maximum Gasteiger partial charge on any atom is 0.340 e. The summed E-state index contributed by atoms with van der Waals surface area (Å²) in [6, 6.07) is 3.97. The molecule has 1 fully saturated rings. The monoisotopic (exact) mass is 466 g/mol. The van der Waals surface area contributed by atoms with Gasteiger partial charge in [0.2, 0.25) is 11.8 Å². The van der Waals surface area contributed by atoms with Gasteiger partial charge in [-0.2, -0.15) is 8.78 Å². The maximum atomic E-state index is 13.0. The molecule has 0 radical (unpaired) electrons. The normalized spacial score (nSPS) is 16.7. The number of anilines is 1. The van der Waals surface area contributed by atoms with Crippen LogP contribution in [0.5, 0.6) is 5.88 Å². The molecule has 2 aromatic heterocycles. The van der Waals surface area contributed by atoms with Gasteiger partial charge in [-0.15, -0.1) is 0 Å². The van der Waals surface area contributed by atoms with Gasteiger partial charge in [-0.05, 0) is 37.3 Å².